The van der Waals surface area contributed by atoms with Crippen molar-refractivity contribution in [1.82, 2.24) is 0 Å². The van der Waals surface area contributed by atoms with E-state index in [0.29, 0.717) is 0 Å². The lowest BCUT2D eigenvalue weighted by Gasteiger charge is -2.25. The monoisotopic (exact) mass is 722 g/mol. The lowest BCUT2D eigenvalue weighted by molar-refractivity contribution is 0.489. The summed E-state index contributed by atoms with van der Waals surface area (Å²) in [7, 11) is 0. The number of rotatable bonds is 5. The van der Waals surface area contributed by atoms with Crippen LogP contribution in [-0.4, -0.2) is 0 Å². The first-order valence-electron chi connectivity index (χ1n) is 19.7. The first-order valence-corrected chi connectivity index (χ1v) is 19.7. The third-order valence-corrected chi connectivity index (χ3v) is 12.0. The molecule has 57 heavy (non-hydrogen) atoms. The lowest BCUT2D eigenvalue weighted by Crippen LogP contribution is -2.00. The molecule has 11 aromatic carbocycles. The van der Waals surface area contributed by atoms with Gasteiger partial charge in [0.15, 0.2) is 0 Å². The molecule has 11 aromatic rings. The van der Waals surface area contributed by atoms with Crippen LogP contribution in [0.5, 0.6) is 11.5 Å². The Kier molecular flexibility index (Phi) is 7.00. The minimum atomic E-state index is 0.878. The smallest absolute Gasteiger partial charge is 0.143 e. The minimum absolute atomic E-state index is 0.878. The van der Waals surface area contributed by atoms with E-state index in [1.165, 1.54) is 87.8 Å². The highest BCUT2D eigenvalue weighted by Gasteiger charge is 2.25. The summed E-state index contributed by atoms with van der Waals surface area (Å²) in [5.74, 6) is 1.78. The Morgan fingerprint density at radius 3 is 1.40 bits per heavy atom. The molecule has 12 rings (SSSR count). The minimum Gasteiger partial charge on any atom is -0.455 e. The standard InChI is InChI=1S/C56H34O/c1-4-11-35(12-5-1)41-24-30-52-51(34-41)48-18-10-17-38-21-27-47(56(57-52)55(38)48)44-32-42(36-13-6-2-7-14-36)31-43(33-44)46-26-20-40-22-28-49-45(37-15-8-3-9-16-37)25-19-39-23-29-50(46)54(40)53(39)49/h1-34H. The van der Waals surface area contributed by atoms with Gasteiger partial charge >= 0.3 is 0 Å². The van der Waals surface area contributed by atoms with Gasteiger partial charge in [-0.05, 0) is 130 Å². The van der Waals surface area contributed by atoms with Crippen LogP contribution >= 0.6 is 0 Å². The molecule has 1 aliphatic heterocycles. The van der Waals surface area contributed by atoms with Crippen LogP contribution in [0, 0.1) is 0 Å². The lowest BCUT2D eigenvalue weighted by atomic mass is 9.85. The molecule has 0 aromatic heterocycles. The Labute approximate surface area is 331 Å². The second-order valence-corrected chi connectivity index (χ2v) is 15.2. The first kappa shape index (κ1) is 31.8. The van der Waals surface area contributed by atoms with Crippen LogP contribution in [0.15, 0.2) is 206 Å². The van der Waals surface area contributed by atoms with Gasteiger partial charge in [0, 0.05) is 16.5 Å². The van der Waals surface area contributed by atoms with Crippen LogP contribution < -0.4 is 4.74 Å². The highest BCUT2D eigenvalue weighted by Crippen LogP contribution is 2.52. The molecule has 0 fully saturated rings. The molecule has 0 N–H and O–H groups in total. The zero-order valence-electron chi connectivity index (χ0n) is 31.0. The van der Waals surface area contributed by atoms with Crippen molar-refractivity contribution in [2.75, 3.05) is 0 Å². The molecule has 264 valence electrons. The predicted octanol–water partition coefficient (Wildman–Crippen LogP) is 15.8. The maximum Gasteiger partial charge on any atom is 0.143 e. The molecule has 0 unspecified atom stereocenters. The number of benzene rings is 11. The van der Waals surface area contributed by atoms with Crippen LogP contribution in [0.2, 0.25) is 0 Å². The molecule has 0 atom stereocenters. The Balaban J connectivity index is 1.08. The summed E-state index contributed by atoms with van der Waals surface area (Å²) >= 11 is 0. The van der Waals surface area contributed by atoms with E-state index in [0.717, 1.165) is 33.6 Å². The Morgan fingerprint density at radius 1 is 0.246 bits per heavy atom. The van der Waals surface area contributed by atoms with Crippen molar-refractivity contribution in [3.8, 4) is 78.3 Å². The summed E-state index contributed by atoms with van der Waals surface area (Å²) in [6.45, 7) is 0. The van der Waals surface area contributed by atoms with E-state index in [-0.39, 0.29) is 0 Å². The third-order valence-electron chi connectivity index (χ3n) is 12.0. The zero-order chi connectivity index (χ0) is 37.5. The van der Waals surface area contributed by atoms with Crippen molar-refractivity contribution < 1.29 is 4.74 Å². The molecule has 0 aliphatic carbocycles. The highest BCUT2D eigenvalue weighted by atomic mass is 16.5. The van der Waals surface area contributed by atoms with Crippen molar-refractivity contribution >= 4 is 43.1 Å². The fourth-order valence-corrected chi connectivity index (χ4v) is 9.31. The summed E-state index contributed by atoms with van der Waals surface area (Å²) in [4.78, 5) is 0. The van der Waals surface area contributed by atoms with Crippen molar-refractivity contribution in [2.45, 2.75) is 0 Å². The van der Waals surface area contributed by atoms with Crippen molar-refractivity contribution in [2.24, 2.45) is 0 Å². The van der Waals surface area contributed by atoms with Gasteiger partial charge in [-0.25, -0.2) is 0 Å². The van der Waals surface area contributed by atoms with Gasteiger partial charge in [-0.2, -0.15) is 0 Å². The van der Waals surface area contributed by atoms with E-state index in [1.54, 1.807) is 0 Å². The highest BCUT2D eigenvalue weighted by molar-refractivity contribution is 6.27. The molecule has 1 heterocycles. The third kappa shape index (κ3) is 5.03. The van der Waals surface area contributed by atoms with Gasteiger partial charge in [0.25, 0.3) is 0 Å². The average molecular weight is 723 g/mol. The van der Waals surface area contributed by atoms with Gasteiger partial charge in [0.1, 0.15) is 11.5 Å². The Morgan fingerprint density at radius 2 is 0.754 bits per heavy atom. The zero-order valence-corrected chi connectivity index (χ0v) is 31.0. The van der Waals surface area contributed by atoms with Gasteiger partial charge in [-0.15, -0.1) is 0 Å². The molecule has 0 amide bonds. The van der Waals surface area contributed by atoms with Crippen molar-refractivity contribution in [3.05, 3.63) is 206 Å². The van der Waals surface area contributed by atoms with Gasteiger partial charge in [-0.3, -0.25) is 0 Å². The van der Waals surface area contributed by atoms with Crippen LogP contribution in [0.25, 0.3) is 110 Å². The number of hydrogen-bond acceptors (Lipinski definition) is 1. The summed E-state index contributed by atoms with van der Waals surface area (Å²) < 4.78 is 7.01. The molecular formula is C56H34O. The molecule has 0 bridgehead atoms. The normalized spacial score (nSPS) is 12.0. The van der Waals surface area contributed by atoms with Gasteiger partial charge in [0.05, 0.1) is 0 Å². The fraction of sp³-hybridized carbons (Fsp3) is 0. The fourth-order valence-electron chi connectivity index (χ4n) is 9.31. The van der Waals surface area contributed by atoms with Gasteiger partial charge in [0.2, 0.25) is 0 Å². The summed E-state index contributed by atoms with van der Waals surface area (Å²) in [6, 6.07) is 75.2. The summed E-state index contributed by atoms with van der Waals surface area (Å²) in [5, 5.41) is 10.0. The van der Waals surface area contributed by atoms with Crippen molar-refractivity contribution in [3.63, 3.8) is 0 Å². The maximum atomic E-state index is 7.01. The van der Waals surface area contributed by atoms with E-state index in [4.69, 9.17) is 4.74 Å². The second kappa shape index (κ2) is 12.5. The molecule has 1 heteroatoms. The Hall–Kier alpha value is -7.48. The van der Waals surface area contributed by atoms with E-state index >= 15 is 0 Å². The van der Waals surface area contributed by atoms with Gasteiger partial charge in [-0.1, -0.05) is 170 Å². The summed E-state index contributed by atoms with van der Waals surface area (Å²) in [5.41, 5.74) is 14.1. The van der Waals surface area contributed by atoms with Gasteiger partial charge < -0.3 is 4.74 Å². The van der Waals surface area contributed by atoms with Crippen LogP contribution in [-0.2, 0) is 0 Å². The quantitative estimate of drug-likeness (QED) is 0.161. The molecule has 1 nitrogen and oxygen atoms in total. The topological polar surface area (TPSA) is 9.23 Å². The van der Waals surface area contributed by atoms with E-state index in [1.807, 2.05) is 0 Å². The summed E-state index contributed by atoms with van der Waals surface area (Å²) in [6.07, 6.45) is 0. The predicted molar refractivity (Wildman–Crippen MR) is 240 cm³/mol. The number of fused-ring (bicyclic) bond motifs is 2. The molecule has 0 spiro atoms. The molecule has 0 saturated heterocycles. The number of hydrogen-bond donors (Lipinski definition) is 0. The van der Waals surface area contributed by atoms with Crippen LogP contribution in [0.4, 0.5) is 0 Å². The van der Waals surface area contributed by atoms with E-state index < -0.39 is 0 Å². The molecule has 0 radical (unpaired) electrons. The van der Waals surface area contributed by atoms with E-state index in [9.17, 15) is 0 Å². The van der Waals surface area contributed by atoms with Crippen LogP contribution in [0.3, 0.4) is 0 Å². The second-order valence-electron chi connectivity index (χ2n) is 15.2. The Bertz CT molecular complexity index is 3340. The maximum absolute atomic E-state index is 7.01. The van der Waals surface area contributed by atoms with E-state index in [2.05, 4.69) is 206 Å². The van der Waals surface area contributed by atoms with Crippen molar-refractivity contribution in [1.29, 1.82) is 0 Å². The SMILES string of the molecule is c1ccc(-c2cc(-c3ccc4cccc5c4c3Oc3ccc(-c4ccccc4)cc3-5)cc(-c3ccc4ccc5c(-c6ccccc6)ccc6ccc3c4c65)c2)cc1. The average Bonchev–Trinajstić information content (AvgIpc) is 3.29. The first-order chi connectivity index (χ1) is 28.2. The largest absolute Gasteiger partial charge is 0.455 e. The molecular weight excluding hydrogens is 689 g/mol. The van der Waals surface area contributed by atoms with Crippen LogP contribution in [0.1, 0.15) is 0 Å². The molecule has 1 aliphatic rings. The molecule has 0 saturated carbocycles. The number of ether oxygens (including phenoxy) is 1.